The van der Waals surface area contributed by atoms with E-state index < -0.39 is 0 Å². The zero-order valence-electron chi connectivity index (χ0n) is 16.1. The van der Waals surface area contributed by atoms with Crippen LogP contribution in [0.5, 0.6) is 17.2 Å². The van der Waals surface area contributed by atoms with E-state index in [1.165, 1.54) is 0 Å². The number of carbonyl (C=O) groups is 1. The number of amides is 1. The summed E-state index contributed by atoms with van der Waals surface area (Å²) in [6, 6.07) is 17.1. The SMILES string of the molecule is CCOc1ccc2ccccc2c1/C=N\NC(=O)COc1ccc(OC)cc1Br. The molecule has 3 aromatic rings. The molecule has 0 saturated heterocycles. The fraction of sp³-hybridized carbons (Fsp3) is 0.182. The van der Waals surface area contributed by atoms with Crippen molar-refractivity contribution in [3.8, 4) is 17.2 Å². The Morgan fingerprint density at radius 1 is 1.10 bits per heavy atom. The van der Waals surface area contributed by atoms with Gasteiger partial charge < -0.3 is 14.2 Å². The number of fused-ring (bicyclic) bond motifs is 1. The normalized spacial score (nSPS) is 10.9. The number of nitrogens with zero attached hydrogens (tertiary/aromatic N) is 1. The van der Waals surface area contributed by atoms with E-state index in [9.17, 15) is 4.79 Å². The van der Waals surface area contributed by atoms with Gasteiger partial charge in [-0.05, 0) is 57.9 Å². The highest BCUT2D eigenvalue weighted by Crippen LogP contribution is 2.29. The maximum atomic E-state index is 12.1. The predicted octanol–water partition coefficient (Wildman–Crippen LogP) is 4.54. The van der Waals surface area contributed by atoms with Crippen LogP contribution in [0.25, 0.3) is 10.8 Å². The van der Waals surface area contributed by atoms with Gasteiger partial charge in [-0.25, -0.2) is 5.43 Å². The predicted molar refractivity (Wildman–Crippen MR) is 117 cm³/mol. The third-order valence-corrected chi connectivity index (χ3v) is 4.73. The second-order valence-electron chi connectivity index (χ2n) is 6.01. The highest BCUT2D eigenvalue weighted by Gasteiger charge is 2.08. The Morgan fingerprint density at radius 3 is 2.66 bits per heavy atom. The van der Waals surface area contributed by atoms with Gasteiger partial charge in [0.25, 0.3) is 5.91 Å². The summed E-state index contributed by atoms with van der Waals surface area (Å²) < 4.78 is 17.0. The molecule has 1 N–H and O–H groups in total. The molecule has 0 bridgehead atoms. The number of benzene rings is 3. The Kier molecular flexibility index (Phi) is 7.08. The van der Waals surface area contributed by atoms with Crippen LogP contribution in [0.2, 0.25) is 0 Å². The lowest BCUT2D eigenvalue weighted by Gasteiger charge is -2.10. The molecule has 0 fully saturated rings. The highest BCUT2D eigenvalue weighted by atomic mass is 79.9. The minimum Gasteiger partial charge on any atom is -0.497 e. The average Bonchev–Trinajstić information content (AvgIpc) is 2.74. The van der Waals surface area contributed by atoms with Gasteiger partial charge in [-0.3, -0.25) is 4.79 Å². The second kappa shape index (κ2) is 9.93. The molecule has 0 heterocycles. The Morgan fingerprint density at radius 2 is 1.90 bits per heavy atom. The summed E-state index contributed by atoms with van der Waals surface area (Å²) in [6.45, 7) is 2.29. The van der Waals surface area contributed by atoms with Crippen LogP contribution < -0.4 is 19.6 Å². The van der Waals surface area contributed by atoms with Crippen LogP contribution in [0.15, 0.2) is 64.2 Å². The van der Waals surface area contributed by atoms with Gasteiger partial charge in [-0.1, -0.05) is 30.3 Å². The zero-order chi connectivity index (χ0) is 20.6. The molecule has 0 aliphatic rings. The molecule has 0 aliphatic heterocycles. The molecule has 3 rings (SSSR count). The Labute approximate surface area is 177 Å². The Bertz CT molecular complexity index is 1040. The van der Waals surface area contributed by atoms with E-state index in [0.29, 0.717) is 28.3 Å². The third kappa shape index (κ3) is 5.26. The molecular formula is C22H21BrN2O4. The number of ether oxygens (including phenoxy) is 3. The van der Waals surface area contributed by atoms with E-state index in [1.54, 1.807) is 31.5 Å². The number of nitrogens with one attached hydrogen (secondary N) is 1. The lowest BCUT2D eigenvalue weighted by atomic mass is 10.0. The minimum absolute atomic E-state index is 0.171. The summed E-state index contributed by atoms with van der Waals surface area (Å²) in [7, 11) is 1.58. The fourth-order valence-corrected chi connectivity index (χ4v) is 3.23. The quantitative estimate of drug-likeness (QED) is 0.399. The van der Waals surface area contributed by atoms with Crippen LogP contribution in [-0.2, 0) is 4.79 Å². The molecular weight excluding hydrogens is 436 g/mol. The first kappa shape index (κ1) is 20.7. The van der Waals surface area contributed by atoms with Crippen LogP contribution >= 0.6 is 15.9 Å². The molecule has 29 heavy (non-hydrogen) atoms. The molecule has 3 aromatic carbocycles. The van der Waals surface area contributed by atoms with E-state index in [4.69, 9.17) is 14.2 Å². The molecule has 1 amide bonds. The van der Waals surface area contributed by atoms with E-state index in [1.807, 2.05) is 43.3 Å². The number of hydrogen-bond acceptors (Lipinski definition) is 5. The third-order valence-electron chi connectivity index (χ3n) is 4.11. The molecule has 6 nitrogen and oxygen atoms in total. The van der Waals surface area contributed by atoms with Gasteiger partial charge in [-0.15, -0.1) is 0 Å². The molecule has 7 heteroatoms. The number of hydrogen-bond donors (Lipinski definition) is 1. The standard InChI is InChI=1S/C22H21BrN2O4/c1-3-28-20-10-8-15-6-4-5-7-17(15)18(20)13-24-25-22(26)14-29-21-11-9-16(27-2)12-19(21)23/h4-13H,3,14H2,1-2H3,(H,25,26)/b24-13-. The van der Waals surface area contributed by atoms with Crippen LogP contribution in [0, 0.1) is 0 Å². The first-order valence-electron chi connectivity index (χ1n) is 9.05. The van der Waals surface area contributed by atoms with Crippen molar-refractivity contribution >= 4 is 38.8 Å². The van der Waals surface area contributed by atoms with Crippen molar-refractivity contribution in [2.75, 3.05) is 20.3 Å². The molecule has 0 unspecified atom stereocenters. The Hall–Kier alpha value is -3.06. The smallest absolute Gasteiger partial charge is 0.277 e. The molecule has 150 valence electrons. The van der Waals surface area contributed by atoms with Crippen LogP contribution in [0.3, 0.4) is 0 Å². The van der Waals surface area contributed by atoms with E-state index in [-0.39, 0.29) is 12.5 Å². The van der Waals surface area contributed by atoms with Gasteiger partial charge in [-0.2, -0.15) is 5.10 Å². The summed E-state index contributed by atoms with van der Waals surface area (Å²) in [5.41, 5.74) is 3.30. The van der Waals surface area contributed by atoms with Crippen molar-refractivity contribution in [1.29, 1.82) is 0 Å². The molecule has 0 radical (unpaired) electrons. The van der Waals surface area contributed by atoms with Gasteiger partial charge in [0.1, 0.15) is 17.2 Å². The van der Waals surface area contributed by atoms with Crippen molar-refractivity contribution in [1.82, 2.24) is 5.43 Å². The first-order valence-corrected chi connectivity index (χ1v) is 9.84. The average molecular weight is 457 g/mol. The molecule has 0 aromatic heterocycles. The number of halogens is 1. The van der Waals surface area contributed by atoms with Crippen molar-refractivity contribution in [3.63, 3.8) is 0 Å². The number of carbonyl (C=O) groups excluding carboxylic acids is 1. The largest absolute Gasteiger partial charge is 0.497 e. The monoisotopic (exact) mass is 456 g/mol. The summed E-state index contributed by atoms with van der Waals surface area (Å²) in [6.07, 6.45) is 1.59. The van der Waals surface area contributed by atoms with Crippen molar-refractivity contribution in [2.24, 2.45) is 5.10 Å². The maximum absolute atomic E-state index is 12.1. The van der Waals surface area contributed by atoms with Crippen molar-refractivity contribution < 1.29 is 19.0 Å². The summed E-state index contributed by atoms with van der Waals surface area (Å²) >= 11 is 3.39. The first-order chi connectivity index (χ1) is 14.1. The summed E-state index contributed by atoms with van der Waals surface area (Å²) in [5.74, 6) is 1.57. The molecule has 0 spiro atoms. The minimum atomic E-state index is -0.373. The van der Waals surface area contributed by atoms with E-state index >= 15 is 0 Å². The van der Waals surface area contributed by atoms with Crippen LogP contribution in [0.1, 0.15) is 12.5 Å². The van der Waals surface area contributed by atoms with E-state index in [2.05, 4.69) is 26.5 Å². The van der Waals surface area contributed by atoms with E-state index in [0.717, 1.165) is 16.3 Å². The lowest BCUT2D eigenvalue weighted by molar-refractivity contribution is -0.123. The topological polar surface area (TPSA) is 69.2 Å². The number of rotatable bonds is 8. The van der Waals surface area contributed by atoms with Crippen molar-refractivity contribution in [2.45, 2.75) is 6.92 Å². The second-order valence-corrected chi connectivity index (χ2v) is 6.86. The van der Waals surface area contributed by atoms with Crippen LogP contribution in [0.4, 0.5) is 0 Å². The highest BCUT2D eigenvalue weighted by molar-refractivity contribution is 9.10. The molecule has 0 atom stereocenters. The molecule has 0 saturated carbocycles. The Balaban J connectivity index is 1.66. The number of methoxy groups -OCH3 is 1. The van der Waals surface area contributed by atoms with Gasteiger partial charge in [0.2, 0.25) is 0 Å². The van der Waals surface area contributed by atoms with Gasteiger partial charge >= 0.3 is 0 Å². The number of hydrazone groups is 1. The zero-order valence-corrected chi connectivity index (χ0v) is 17.7. The summed E-state index contributed by atoms with van der Waals surface area (Å²) in [5, 5.41) is 6.14. The molecule has 0 aliphatic carbocycles. The fourth-order valence-electron chi connectivity index (χ4n) is 2.76. The maximum Gasteiger partial charge on any atom is 0.277 e. The summed E-state index contributed by atoms with van der Waals surface area (Å²) in [4.78, 5) is 12.1. The lowest BCUT2D eigenvalue weighted by Crippen LogP contribution is -2.24. The van der Waals surface area contributed by atoms with Crippen LogP contribution in [-0.4, -0.2) is 32.4 Å². The van der Waals surface area contributed by atoms with Gasteiger partial charge in [0.05, 0.1) is 24.4 Å². The van der Waals surface area contributed by atoms with Gasteiger partial charge in [0, 0.05) is 5.56 Å². The van der Waals surface area contributed by atoms with Crippen molar-refractivity contribution in [3.05, 3.63) is 64.6 Å². The van der Waals surface area contributed by atoms with Gasteiger partial charge in [0.15, 0.2) is 6.61 Å².